The van der Waals surface area contributed by atoms with Crippen molar-refractivity contribution in [2.45, 2.75) is 30.9 Å². The zero-order chi connectivity index (χ0) is 14.2. The van der Waals surface area contributed by atoms with E-state index in [1.54, 1.807) is 0 Å². The van der Waals surface area contributed by atoms with Gasteiger partial charge in [-0.05, 0) is 36.6 Å². The van der Waals surface area contributed by atoms with Crippen molar-refractivity contribution >= 4 is 0 Å². The monoisotopic (exact) mass is 282 g/mol. The molecular formula is C17H18N2O2. The average Bonchev–Trinajstić information content (AvgIpc) is 2.98. The van der Waals surface area contributed by atoms with Gasteiger partial charge in [0.05, 0.1) is 6.04 Å². The van der Waals surface area contributed by atoms with Crippen LogP contribution in [0.3, 0.4) is 0 Å². The second kappa shape index (κ2) is 5.04. The number of hydrogen-bond donors (Lipinski definition) is 1. The number of nitrogens with zero attached hydrogens (tertiary/aromatic N) is 1. The van der Waals surface area contributed by atoms with Gasteiger partial charge in [0.1, 0.15) is 12.7 Å². The molecule has 21 heavy (non-hydrogen) atoms. The molecule has 0 saturated heterocycles. The largest absolute Gasteiger partial charge is 0.486 e. The quantitative estimate of drug-likeness (QED) is 0.918. The molecule has 4 heteroatoms. The average molecular weight is 282 g/mol. The van der Waals surface area contributed by atoms with E-state index in [0.717, 1.165) is 30.0 Å². The number of pyridine rings is 1. The van der Waals surface area contributed by atoms with Crippen molar-refractivity contribution in [2.75, 3.05) is 6.61 Å². The van der Waals surface area contributed by atoms with Gasteiger partial charge in [0, 0.05) is 17.8 Å². The highest BCUT2D eigenvalue weighted by Gasteiger charge is 2.36. The molecule has 3 unspecified atom stereocenters. The summed E-state index contributed by atoms with van der Waals surface area (Å²) in [5.74, 6) is 1.83. The van der Waals surface area contributed by atoms with E-state index < -0.39 is 0 Å². The van der Waals surface area contributed by atoms with Crippen molar-refractivity contribution in [3.8, 4) is 11.5 Å². The molecule has 2 aliphatic rings. The number of fused-ring (bicyclic) bond motifs is 2. The zero-order valence-corrected chi connectivity index (χ0v) is 11.7. The zero-order valence-electron chi connectivity index (χ0n) is 11.7. The number of hydrogen-bond acceptors (Lipinski definition) is 4. The van der Waals surface area contributed by atoms with Crippen LogP contribution in [-0.2, 0) is 6.42 Å². The van der Waals surface area contributed by atoms with Crippen molar-refractivity contribution in [2.24, 2.45) is 5.73 Å². The molecule has 0 spiro atoms. The Morgan fingerprint density at radius 2 is 2.00 bits per heavy atom. The van der Waals surface area contributed by atoms with E-state index in [2.05, 4.69) is 11.1 Å². The minimum absolute atomic E-state index is 0.102. The van der Waals surface area contributed by atoms with Crippen LogP contribution >= 0.6 is 0 Å². The maximum atomic E-state index is 6.48. The van der Waals surface area contributed by atoms with E-state index in [9.17, 15) is 0 Å². The van der Waals surface area contributed by atoms with E-state index in [0.29, 0.717) is 6.61 Å². The SMILES string of the molecule is NC(C1COc2ccccc2O1)C1CCc2cccnc21. The molecule has 0 fully saturated rings. The molecule has 4 nitrogen and oxygen atoms in total. The number of ether oxygens (including phenoxy) is 2. The molecule has 1 aromatic carbocycles. The topological polar surface area (TPSA) is 57.4 Å². The normalized spacial score (nSPS) is 24.4. The van der Waals surface area contributed by atoms with Gasteiger partial charge in [-0.2, -0.15) is 0 Å². The first kappa shape index (κ1) is 12.7. The van der Waals surface area contributed by atoms with Gasteiger partial charge in [-0.25, -0.2) is 0 Å². The molecule has 0 radical (unpaired) electrons. The Balaban J connectivity index is 1.56. The highest BCUT2D eigenvalue weighted by Crippen LogP contribution is 2.37. The summed E-state index contributed by atoms with van der Waals surface area (Å²) in [7, 11) is 0. The van der Waals surface area contributed by atoms with E-state index in [-0.39, 0.29) is 18.1 Å². The molecule has 0 amide bonds. The summed E-state index contributed by atoms with van der Waals surface area (Å²) >= 11 is 0. The van der Waals surface area contributed by atoms with E-state index in [4.69, 9.17) is 15.2 Å². The lowest BCUT2D eigenvalue weighted by Crippen LogP contribution is -2.48. The van der Waals surface area contributed by atoms with Crippen molar-refractivity contribution in [1.29, 1.82) is 0 Å². The molecule has 0 saturated carbocycles. The first-order valence-electron chi connectivity index (χ1n) is 7.41. The Kier molecular flexibility index (Phi) is 3.04. The molecule has 2 aromatic rings. The standard InChI is InChI=1S/C17H18N2O2/c18-16(12-8-7-11-4-3-9-19-17(11)12)15-10-20-13-5-1-2-6-14(13)21-15/h1-6,9,12,15-16H,7-8,10,18H2. The van der Waals surface area contributed by atoms with Crippen LogP contribution in [0.2, 0.25) is 0 Å². The summed E-state index contributed by atoms with van der Waals surface area (Å²) in [5, 5.41) is 0. The van der Waals surface area contributed by atoms with E-state index in [1.807, 2.05) is 36.5 Å². The highest BCUT2D eigenvalue weighted by atomic mass is 16.6. The maximum absolute atomic E-state index is 6.48. The summed E-state index contributed by atoms with van der Waals surface area (Å²) in [6.45, 7) is 0.497. The fourth-order valence-corrected chi connectivity index (χ4v) is 3.30. The third-order valence-corrected chi connectivity index (χ3v) is 4.43. The first-order chi connectivity index (χ1) is 10.3. The van der Waals surface area contributed by atoms with Crippen molar-refractivity contribution in [1.82, 2.24) is 4.98 Å². The number of aryl methyl sites for hydroxylation is 1. The van der Waals surface area contributed by atoms with Crippen LogP contribution in [0.5, 0.6) is 11.5 Å². The second-order valence-electron chi connectivity index (χ2n) is 5.68. The van der Waals surface area contributed by atoms with Gasteiger partial charge in [0.2, 0.25) is 0 Å². The lowest BCUT2D eigenvalue weighted by molar-refractivity contribution is 0.0648. The van der Waals surface area contributed by atoms with Gasteiger partial charge in [-0.15, -0.1) is 0 Å². The Hall–Kier alpha value is -2.07. The molecule has 3 atom stereocenters. The van der Waals surface area contributed by atoms with Crippen LogP contribution in [0, 0.1) is 0 Å². The fourth-order valence-electron chi connectivity index (χ4n) is 3.30. The van der Waals surface area contributed by atoms with Gasteiger partial charge in [0.15, 0.2) is 11.5 Å². The third-order valence-electron chi connectivity index (χ3n) is 4.43. The fraction of sp³-hybridized carbons (Fsp3) is 0.353. The summed E-state index contributed by atoms with van der Waals surface area (Å²) in [6, 6.07) is 11.8. The highest BCUT2D eigenvalue weighted by molar-refractivity contribution is 5.41. The molecular weight excluding hydrogens is 264 g/mol. The van der Waals surface area contributed by atoms with Gasteiger partial charge >= 0.3 is 0 Å². The summed E-state index contributed by atoms with van der Waals surface area (Å²) in [5.41, 5.74) is 8.93. The smallest absolute Gasteiger partial charge is 0.161 e. The second-order valence-corrected chi connectivity index (χ2v) is 5.68. The molecule has 2 heterocycles. The Morgan fingerprint density at radius 1 is 1.14 bits per heavy atom. The van der Waals surface area contributed by atoms with Crippen LogP contribution in [0.1, 0.15) is 23.6 Å². The summed E-state index contributed by atoms with van der Waals surface area (Å²) < 4.78 is 11.8. The predicted octanol–water partition coefficient (Wildman–Crippen LogP) is 2.28. The molecule has 0 bridgehead atoms. The molecule has 1 aliphatic carbocycles. The number of rotatable bonds is 2. The first-order valence-corrected chi connectivity index (χ1v) is 7.41. The van der Waals surface area contributed by atoms with Gasteiger partial charge in [-0.1, -0.05) is 18.2 Å². The number of nitrogens with two attached hydrogens (primary N) is 1. The van der Waals surface area contributed by atoms with Crippen molar-refractivity contribution in [3.63, 3.8) is 0 Å². The molecule has 1 aromatic heterocycles. The summed E-state index contributed by atoms with van der Waals surface area (Å²) in [6.07, 6.45) is 3.80. The lowest BCUT2D eigenvalue weighted by Gasteiger charge is -2.33. The number of para-hydroxylation sites is 2. The van der Waals surface area contributed by atoms with Gasteiger partial charge < -0.3 is 15.2 Å². The van der Waals surface area contributed by atoms with E-state index in [1.165, 1.54) is 5.56 Å². The van der Waals surface area contributed by atoms with Crippen molar-refractivity contribution < 1.29 is 9.47 Å². The lowest BCUT2D eigenvalue weighted by atomic mass is 9.93. The molecule has 108 valence electrons. The maximum Gasteiger partial charge on any atom is 0.161 e. The number of aromatic nitrogens is 1. The van der Waals surface area contributed by atoms with Crippen LogP contribution in [0.15, 0.2) is 42.6 Å². The van der Waals surface area contributed by atoms with Gasteiger partial charge in [-0.3, -0.25) is 4.98 Å². The van der Waals surface area contributed by atoms with Crippen LogP contribution in [-0.4, -0.2) is 23.7 Å². The predicted molar refractivity (Wildman–Crippen MR) is 79.6 cm³/mol. The van der Waals surface area contributed by atoms with E-state index >= 15 is 0 Å². The van der Waals surface area contributed by atoms with Crippen LogP contribution in [0.25, 0.3) is 0 Å². The molecule has 2 N–H and O–H groups in total. The van der Waals surface area contributed by atoms with Crippen LogP contribution < -0.4 is 15.2 Å². The molecule has 4 rings (SSSR count). The Morgan fingerprint density at radius 3 is 2.90 bits per heavy atom. The summed E-state index contributed by atoms with van der Waals surface area (Å²) in [4.78, 5) is 4.52. The Labute approximate surface area is 123 Å². The minimum atomic E-state index is -0.127. The van der Waals surface area contributed by atoms with Crippen molar-refractivity contribution in [3.05, 3.63) is 53.9 Å². The third kappa shape index (κ3) is 2.16. The minimum Gasteiger partial charge on any atom is -0.486 e. The van der Waals surface area contributed by atoms with Gasteiger partial charge in [0.25, 0.3) is 0 Å². The molecule has 1 aliphatic heterocycles. The Bertz CT molecular complexity index is 659. The number of benzene rings is 1. The van der Waals surface area contributed by atoms with Crippen LogP contribution in [0.4, 0.5) is 0 Å².